The standard InChI is InChI=1S/C16H20N4O2/c1-10(2)14(20-9-5-8-13(20)21)15(22)19-16-17-11-6-3-4-7-12(11)18-16/h3-4,6-7,10,14H,5,8-9H2,1-2H3,(H2,17,18,19,22)/t14-/m0/s1. The molecule has 0 unspecified atom stereocenters. The van der Waals surface area contributed by atoms with E-state index < -0.39 is 6.04 Å². The topological polar surface area (TPSA) is 78.1 Å². The van der Waals surface area contributed by atoms with Crippen LogP contribution in [-0.2, 0) is 9.59 Å². The van der Waals surface area contributed by atoms with Crippen LogP contribution in [0.25, 0.3) is 11.0 Å². The molecule has 2 heterocycles. The van der Waals surface area contributed by atoms with Crippen molar-refractivity contribution in [1.82, 2.24) is 14.9 Å². The van der Waals surface area contributed by atoms with Crippen LogP contribution in [0.1, 0.15) is 26.7 Å². The Kier molecular flexibility index (Phi) is 3.83. The summed E-state index contributed by atoms with van der Waals surface area (Å²) in [5.74, 6) is 0.331. The first-order valence-electron chi connectivity index (χ1n) is 7.61. The number of imidazole rings is 1. The molecule has 22 heavy (non-hydrogen) atoms. The first-order valence-corrected chi connectivity index (χ1v) is 7.61. The molecular formula is C16H20N4O2. The maximum Gasteiger partial charge on any atom is 0.249 e. The maximum atomic E-state index is 12.6. The summed E-state index contributed by atoms with van der Waals surface area (Å²) in [7, 11) is 0. The van der Waals surface area contributed by atoms with E-state index in [4.69, 9.17) is 0 Å². The Morgan fingerprint density at radius 1 is 1.36 bits per heavy atom. The highest BCUT2D eigenvalue weighted by molar-refractivity contribution is 5.97. The molecule has 0 aliphatic carbocycles. The number of nitrogens with zero attached hydrogens (tertiary/aromatic N) is 2. The van der Waals surface area contributed by atoms with Gasteiger partial charge in [-0.25, -0.2) is 4.98 Å². The molecular weight excluding hydrogens is 280 g/mol. The molecule has 2 amide bonds. The number of carbonyl (C=O) groups is 2. The van der Waals surface area contributed by atoms with Gasteiger partial charge in [0.1, 0.15) is 6.04 Å². The van der Waals surface area contributed by atoms with E-state index in [1.165, 1.54) is 0 Å². The molecule has 2 aromatic rings. The van der Waals surface area contributed by atoms with Crippen molar-refractivity contribution in [2.45, 2.75) is 32.7 Å². The zero-order chi connectivity index (χ0) is 15.7. The van der Waals surface area contributed by atoms with Gasteiger partial charge >= 0.3 is 0 Å². The first kappa shape index (κ1) is 14.6. The molecule has 0 bridgehead atoms. The van der Waals surface area contributed by atoms with Crippen molar-refractivity contribution >= 4 is 28.8 Å². The van der Waals surface area contributed by atoms with Crippen LogP contribution in [0.5, 0.6) is 0 Å². The molecule has 0 radical (unpaired) electrons. The first-order chi connectivity index (χ1) is 10.6. The van der Waals surface area contributed by atoms with E-state index in [0.29, 0.717) is 18.9 Å². The second-order valence-corrected chi connectivity index (χ2v) is 5.97. The van der Waals surface area contributed by atoms with E-state index in [9.17, 15) is 9.59 Å². The third-order valence-electron chi connectivity index (χ3n) is 3.98. The number of rotatable bonds is 4. The minimum absolute atomic E-state index is 0.0476. The molecule has 1 aliphatic rings. The summed E-state index contributed by atoms with van der Waals surface area (Å²) in [6.45, 7) is 4.55. The molecule has 6 heteroatoms. The van der Waals surface area contributed by atoms with Crippen molar-refractivity contribution in [3.8, 4) is 0 Å². The summed E-state index contributed by atoms with van der Waals surface area (Å²) in [4.78, 5) is 33.6. The van der Waals surface area contributed by atoms with Crippen LogP contribution >= 0.6 is 0 Å². The molecule has 0 spiro atoms. The van der Waals surface area contributed by atoms with Crippen LogP contribution in [0.2, 0.25) is 0 Å². The number of anilines is 1. The molecule has 1 aromatic heterocycles. The highest BCUT2D eigenvalue weighted by atomic mass is 16.2. The second-order valence-electron chi connectivity index (χ2n) is 5.97. The summed E-state index contributed by atoms with van der Waals surface area (Å²) in [5, 5.41) is 2.81. The average Bonchev–Trinajstić information content (AvgIpc) is 3.05. The number of amides is 2. The monoisotopic (exact) mass is 300 g/mol. The number of carbonyl (C=O) groups excluding carboxylic acids is 2. The zero-order valence-electron chi connectivity index (χ0n) is 12.8. The smallest absolute Gasteiger partial charge is 0.249 e. The van der Waals surface area contributed by atoms with Gasteiger partial charge in [-0.05, 0) is 24.5 Å². The van der Waals surface area contributed by atoms with Gasteiger partial charge in [0.05, 0.1) is 11.0 Å². The number of nitrogens with one attached hydrogen (secondary N) is 2. The molecule has 1 aromatic carbocycles. The molecule has 2 N–H and O–H groups in total. The highest BCUT2D eigenvalue weighted by Crippen LogP contribution is 2.21. The van der Waals surface area contributed by atoms with Crippen LogP contribution in [0, 0.1) is 5.92 Å². The lowest BCUT2D eigenvalue weighted by Gasteiger charge is -2.29. The van der Waals surface area contributed by atoms with E-state index in [-0.39, 0.29) is 17.7 Å². The SMILES string of the molecule is CC(C)[C@@H](C(=O)Nc1nc2ccccc2[nH]1)N1CCCC1=O. The van der Waals surface area contributed by atoms with Gasteiger partial charge in [-0.1, -0.05) is 26.0 Å². The Morgan fingerprint density at radius 3 is 2.77 bits per heavy atom. The van der Waals surface area contributed by atoms with Crippen molar-refractivity contribution in [3.63, 3.8) is 0 Å². The van der Waals surface area contributed by atoms with Gasteiger partial charge in [0.2, 0.25) is 17.8 Å². The van der Waals surface area contributed by atoms with Crippen LogP contribution in [-0.4, -0.2) is 39.3 Å². The number of fused-ring (bicyclic) bond motifs is 1. The lowest BCUT2D eigenvalue weighted by atomic mass is 10.0. The lowest BCUT2D eigenvalue weighted by Crippen LogP contribution is -2.48. The number of hydrogen-bond donors (Lipinski definition) is 2. The predicted octanol–water partition coefficient (Wildman–Crippen LogP) is 2.15. The maximum absolute atomic E-state index is 12.6. The molecule has 1 fully saturated rings. The number of aromatic nitrogens is 2. The van der Waals surface area contributed by atoms with Crippen molar-refractivity contribution < 1.29 is 9.59 Å². The Balaban J connectivity index is 1.80. The molecule has 0 saturated carbocycles. The minimum atomic E-state index is -0.455. The minimum Gasteiger partial charge on any atom is -0.330 e. The summed E-state index contributed by atoms with van der Waals surface area (Å²) in [6, 6.07) is 7.14. The van der Waals surface area contributed by atoms with Crippen LogP contribution < -0.4 is 5.32 Å². The van der Waals surface area contributed by atoms with E-state index in [2.05, 4.69) is 15.3 Å². The Bertz CT molecular complexity index is 674. The van der Waals surface area contributed by atoms with Crippen molar-refractivity contribution in [1.29, 1.82) is 0 Å². The van der Waals surface area contributed by atoms with Crippen molar-refractivity contribution in [2.24, 2.45) is 5.92 Å². The molecule has 116 valence electrons. The molecule has 1 atom stereocenters. The predicted molar refractivity (Wildman–Crippen MR) is 84.3 cm³/mol. The van der Waals surface area contributed by atoms with Gasteiger partial charge in [-0.15, -0.1) is 0 Å². The molecule has 1 saturated heterocycles. The van der Waals surface area contributed by atoms with E-state index in [0.717, 1.165) is 17.5 Å². The number of hydrogen-bond acceptors (Lipinski definition) is 3. The quantitative estimate of drug-likeness (QED) is 0.908. The summed E-state index contributed by atoms with van der Waals surface area (Å²) in [5.41, 5.74) is 1.67. The largest absolute Gasteiger partial charge is 0.330 e. The highest BCUT2D eigenvalue weighted by Gasteiger charge is 2.35. The fourth-order valence-corrected chi connectivity index (χ4v) is 2.97. The second kappa shape index (κ2) is 5.79. The van der Waals surface area contributed by atoms with Gasteiger partial charge in [-0.3, -0.25) is 14.9 Å². The van der Waals surface area contributed by atoms with Gasteiger partial charge in [0.15, 0.2) is 0 Å². The summed E-state index contributed by atoms with van der Waals surface area (Å²) in [6.07, 6.45) is 1.35. The number of benzene rings is 1. The molecule has 1 aliphatic heterocycles. The van der Waals surface area contributed by atoms with Crippen LogP contribution in [0.15, 0.2) is 24.3 Å². The number of aromatic amines is 1. The average molecular weight is 300 g/mol. The zero-order valence-corrected chi connectivity index (χ0v) is 12.8. The summed E-state index contributed by atoms with van der Waals surface area (Å²) >= 11 is 0. The normalized spacial score (nSPS) is 16.5. The fourth-order valence-electron chi connectivity index (χ4n) is 2.97. The number of likely N-dealkylation sites (tertiary alicyclic amines) is 1. The fraction of sp³-hybridized carbons (Fsp3) is 0.438. The van der Waals surface area contributed by atoms with Gasteiger partial charge < -0.3 is 9.88 Å². The van der Waals surface area contributed by atoms with Crippen LogP contribution in [0.3, 0.4) is 0 Å². The summed E-state index contributed by atoms with van der Waals surface area (Å²) < 4.78 is 0. The van der Waals surface area contributed by atoms with E-state index >= 15 is 0 Å². The van der Waals surface area contributed by atoms with Crippen molar-refractivity contribution in [3.05, 3.63) is 24.3 Å². The van der Waals surface area contributed by atoms with E-state index in [1.54, 1.807) is 4.90 Å². The Hall–Kier alpha value is -2.37. The Morgan fingerprint density at radius 2 is 2.14 bits per heavy atom. The number of para-hydroxylation sites is 2. The molecule has 6 nitrogen and oxygen atoms in total. The molecule has 3 rings (SSSR count). The van der Waals surface area contributed by atoms with Gasteiger partial charge in [-0.2, -0.15) is 0 Å². The Labute approximate surface area is 128 Å². The van der Waals surface area contributed by atoms with E-state index in [1.807, 2.05) is 38.1 Å². The van der Waals surface area contributed by atoms with Crippen LogP contribution in [0.4, 0.5) is 5.95 Å². The lowest BCUT2D eigenvalue weighted by molar-refractivity contribution is -0.136. The third-order valence-corrected chi connectivity index (χ3v) is 3.98. The number of H-pyrrole nitrogens is 1. The van der Waals surface area contributed by atoms with Gasteiger partial charge in [0, 0.05) is 13.0 Å². The third kappa shape index (κ3) is 2.68. The van der Waals surface area contributed by atoms with Crippen molar-refractivity contribution in [2.75, 3.05) is 11.9 Å². The van der Waals surface area contributed by atoms with Gasteiger partial charge in [0.25, 0.3) is 0 Å².